The SMILES string of the molecule is C=CCCCOC(=O)[C@@H]1[C@H]2C(=O)N([C@@H](CO)CC(C)C)C(C(=O)N(CC=C)c3ccc(N(CC)CC)cc3)C23S[C@@H]1CC3C. The van der Waals surface area contributed by atoms with Crippen molar-refractivity contribution in [3.8, 4) is 0 Å². The minimum Gasteiger partial charge on any atom is -0.465 e. The number of nitrogens with zero attached hydrogens (tertiary/aromatic N) is 3. The summed E-state index contributed by atoms with van der Waals surface area (Å²) in [6.45, 7) is 20.1. The van der Waals surface area contributed by atoms with E-state index in [0.717, 1.165) is 37.3 Å². The number of aliphatic hydroxyl groups is 1. The number of fused-ring (bicyclic) bond motifs is 1. The Hall–Kier alpha value is -2.78. The standard InChI is InChI=1S/C35H51N3O5S/c1-8-12-13-19-43-34(42)29-28-21-24(7)35(44-28)30(29)32(40)38(27(22-39)20-23(5)6)31(35)33(41)37(18-9-2)26-16-14-25(15-17-26)36(10-3)11-4/h8-9,14-17,23-24,27-31,39H,1-2,10-13,18-22H2,3-7H3/t24?,27-,28-,29+,30+,31?,35?/m1/s1. The van der Waals surface area contributed by atoms with E-state index in [4.69, 9.17) is 4.74 Å². The smallest absolute Gasteiger partial charge is 0.310 e. The Kier molecular flexibility index (Phi) is 11.3. The van der Waals surface area contributed by atoms with Gasteiger partial charge in [-0.25, -0.2) is 0 Å². The van der Waals surface area contributed by atoms with E-state index in [2.05, 4.69) is 38.8 Å². The Morgan fingerprint density at radius 1 is 1.16 bits per heavy atom. The molecule has 3 aliphatic heterocycles. The highest BCUT2D eigenvalue weighted by molar-refractivity contribution is 8.02. The minimum atomic E-state index is -0.832. The number of anilines is 2. The number of hydrogen-bond donors (Lipinski definition) is 1. The van der Waals surface area contributed by atoms with Gasteiger partial charge in [0.05, 0.1) is 35.8 Å². The van der Waals surface area contributed by atoms with Crippen molar-refractivity contribution >= 4 is 40.9 Å². The molecule has 1 aromatic rings. The average molecular weight is 626 g/mol. The molecule has 0 radical (unpaired) electrons. The van der Waals surface area contributed by atoms with E-state index in [1.165, 1.54) is 0 Å². The molecule has 0 aromatic heterocycles. The van der Waals surface area contributed by atoms with E-state index in [0.29, 0.717) is 12.8 Å². The maximum atomic E-state index is 15.0. The van der Waals surface area contributed by atoms with Crippen molar-refractivity contribution in [2.45, 2.75) is 82.4 Å². The van der Waals surface area contributed by atoms with E-state index in [1.807, 2.05) is 38.1 Å². The Morgan fingerprint density at radius 3 is 2.39 bits per heavy atom. The third-order valence-electron chi connectivity index (χ3n) is 9.70. The molecule has 3 saturated heterocycles. The largest absolute Gasteiger partial charge is 0.465 e. The number of hydrogen-bond acceptors (Lipinski definition) is 7. The van der Waals surface area contributed by atoms with Gasteiger partial charge in [0.1, 0.15) is 6.04 Å². The maximum Gasteiger partial charge on any atom is 0.310 e. The highest BCUT2D eigenvalue weighted by Crippen LogP contribution is 2.69. The molecule has 3 fully saturated rings. The highest BCUT2D eigenvalue weighted by Gasteiger charge is 2.77. The van der Waals surface area contributed by atoms with Gasteiger partial charge in [0.2, 0.25) is 5.91 Å². The van der Waals surface area contributed by atoms with Crippen LogP contribution in [0.15, 0.2) is 49.6 Å². The van der Waals surface area contributed by atoms with Crippen LogP contribution in [0.4, 0.5) is 11.4 Å². The van der Waals surface area contributed by atoms with Crippen LogP contribution in [0.2, 0.25) is 0 Å². The zero-order chi connectivity index (χ0) is 32.2. The minimum absolute atomic E-state index is 0.0178. The van der Waals surface area contributed by atoms with Crippen LogP contribution in [0.3, 0.4) is 0 Å². The quantitative estimate of drug-likeness (QED) is 0.151. The third-order valence-corrected chi connectivity index (χ3v) is 11.8. The van der Waals surface area contributed by atoms with Crippen molar-refractivity contribution in [2.24, 2.45) is 23.7 Å². The number of carbonyl (C=O) groups is 3. The third kappa shape index (κ3) is 6.06. The number of esters is 1. The number of amides is 2. The Labute approximate surface area is 267 Å². The first-order valence-electron chi connectivity index (χ1n) is 16.3. The van der Waals surface area contributed by atoms with Crippen molar-refractivity contribution in [3.05, 3.63) is 49.6 Å². The number of aliphatic hydroxyl groups excluding tert-OH is 1. The predicted octanol–water partition coefficient (Wildman–Crippen LogP) is 5.31. The van der Waals surface area contributed by atoms with Gasteiger partial charge in [-0.15, -0.1) is 24.9 Å². The number of unbranched alkanes of at least 4 members (excludes halogenated alkanes) is 1. The molecular weight excluding hydrogens is 574 g/mol. The monoisotopic (exact) mass is 625 g/mol. The van der Waals surface area contributed by atoms with Gasteiger partial charge in [0.25, 0.3) is 5.91 Å². The van der Waals surface area contributed by atoms with Crippen molar-refractivity contribution in [1.29, 1.82) is 0 Å². The molecule has 3 heterocycles. The lowest BCUT2D eigenvalue weighted by atomic mass is 9.66. The number of allylic oxidation sites excluding steroid dienone is 1. The van der Waals surface area contributed by atoms with Gasteiger partial charge in [-0.2, -0.15) is 0 Å². The summed E-state index contributed by atoms with van der Waals surface area (Å²) in [6, 6.07) is 6.59. The second kappa shape index (κ2) is 14.5. The van der Waals surface area contributed by atoms with Crippen LogP contribution in [0, 0.1) is 23.7 Å². The van der Waals surface area contributed by atoms with Gasteiger partial charge in [-0.3, -0.25) is 14.4 Å². The summed E-state index contributed by atoms with van der Waals surface area (Å²) in [5.74, 6) is -1.86. The second-order valence-electron chi connectivity index (χ2n) is 12.8. The van der Waals surface area contributed by atoms with Crippen LogP contribution in [0.25, 0.3) is 0 Å². The molecule has 1 N–H and O–H groups in total. The number of carbonyl (C=O) groups excluding carboxylic acids is 3. The van der Waals surface area contributed by atoms with Gasteiger partial charge in [0.15, 0.2) is 0 Å². The van der Waals surface area contributed by atoms with Crippen LogP contribution >= 0.6 is 11.8 Å². The van der Waals surface area contributed by atoms with Crippen molar-refractivity contribution < 1.29 is 24.2 Å². The Balaban J connectivity index is 1.77. The molecule has 2 amide bonds. The summed E-state index contributed by atoms with van der Waals surface area (Å²) in [6.07, 6.45) is 6.20. The molecule has 44 heavy (non-hydrogen) atoms. The topological polar surface area (TPSA) is 90.4 Å². The Bertz CT molecular complexity index is 1200. The van der Waals surface area contributed by atoms with Crippen LogP contribution in [-0.4, -0.2) is 82.7 Å². The van der Waals surface area contributed by atoms with Crippen LogP contribution in [0.5, 0.6) is 0 Å². The van der Waals surface area contributed by atoms with E-state index in [1.54, 1.807) is 33.7 Å². The van der Waals surface area contributed by atoms with Gasteiger partial charge < -0.3 is 24.5 Å². The van der Waals surface area contributed by atoms with Crippen LogP contribution in [-0.2, 0) is 19.1 Å². The molecule has 4 rings (SSSR count). The maximum absolute atomic E-state index is 15.0. The van der Waals surface area contributed by atoms with Gasteiger partial charge in [-0.1, -0.05) is 32.9 Å². The van der Waals surface area contributed by atoms with Crippen LogP contribution < -0.4 is 9.80 Å². The zero-order valence-electron chi connectivity index (χ0n) is 27.1. The fourth-order valence-electron chi connectivity index (χ4n) is 7.75. The lowest BCUT2D eigenvalue weighted by Crippen LogP contribution is -2.59. The molecular formula is C35H51N3O5S. The molecule has 242 valence electrons. The molecule has 0 saturated carbocycles. The lowest BCUT2D eigenvalue weighted by Gasteiger charge is -2.42. The zero-order valence-corrected chi connectivity index (χ0v) is 27.9. The van der Waals surface area contributed by atoms with E-state index in [9.17, 15) is 19.5 Å². The fraction of sp³-hybridized carbons (Fsp3) is 0.629. The highest BCUT2D eigenvalue weighted by atomic mass is 32.2. The molecule has 7 atom stereocenters. The van der Waals surface area contributed by atoms with Gasteiger partial charge in [0, 0.05) is 36.3 Å². The molecule has 8 nitrogen and oxygen atoms in total. The van der Waals surface area contributed by atoms with Gasteiger partial charge >= 0.3 is 5.97 Å². The molecule has 9 heteroatoms. The van der Waals surface area contributed by atoms with E-state index in [-0.39, 0.29) is 54.6 Å². The van der Waals surface area contributed by atoms with E-state index < -0.39 is 28.7 Å². The first-order chi connectivity index (χ1) is 21.1. The average Bonchev–Trinajstić information content (AvgIpc) is 3.61. The summed E-state index contributed by atoms with van der Waals surface area (Å²) in [5.41, 5.74) is 1.80. The van der Waals surface area contributed by atoms with Crippen molar-refractivity contribution in [2.75, 3.05) is 42.6 Å². The normalized spacial score (nSPS) is 27.8. The number of thioether (sulfide) groups is 1. The first-order valence-corrected chi connectivity index (χ1v) is 17.1. The number of benzene rings is 1. The first kappa shape index (κ1) is 34.1. The predicted molar refractivity (Wildman–Crippen MR) is 179 cm³/mol. The second-order valence-corrected chi connectivity index (χ2v) is 14.3. The molecule has 1 aromatic carbocycles. The van der Waals surface area contributed by atoms with Gasteiger partial charge in [-0.05, 0) is 75.6 Å². The summed E-state index contributed by atoms with van der Waals surface area (Å²) >= 11 is 1.63. The lowest BCUT2D eigenvalue weighted by molar-refractivity contribution is -0.155. The van der Waals surface area contributed by atoms with E-state index >= 15 is 0 Å². The summed E-state index contributed by atoms with van der Waals surface area (Å²) in [7, 11) is 0. The van der Waals surface area contributed by atoms with Crippen molar-refractivity contribution in [1.82, 2.24) is 4.90 Å². The molecule has 3 aliphatic rings. The Morgan fingerprint density at radius 2 is 1.82 bits per heavy atom. The summed E-state index contributed by atoms with van der Waals surface area (Å²) in [5, 5.41) is 10.5. The number of likely N-dealkylation sites (tertiary alicyclic amines) is 1. The van der Waals surface area contributed by atoms with Crippen molar-refractivity contribution in [3.63, 3.8) is 0 Å². The fourth-order valence-corrected chi connectivity index (χ4v) is 10.1. The molecule has 3 unspecified atom stereocenters. The van der Waals surface area contributed by atoms with Crippen LogP contribution in [0.1, 0.15) is 60.3 Å². The summed E-state index contributed by atoms with van der Waals surface area (Å²) < 4.78 is 4.93. The molecule has 2 bridgehead atoms. The molecule has 1 spiro atoms. The molecule has 0 aliphatic carbocycles. The number of rotatable bonds is 16. The summed E-state index contributed by atoms with van der Waals surface area (Å²) in [4.78, 5) is 48.8. The number of ether oxygens (including phenoxy) is 1.